The molecule has 1 aromatic carbocycles. The van der Waals surface area contributed by atoms with E-state index in [9.17, 15) is 10.1 Å². The molecule has 0 radical (unpaired) electrons. The summed E-state index contributed by atoms with van der Waals surface area (Å²) in [4.78, 5) is 12.8. The van der Waals surface area contributed by atoms with Gasteiger partial charge in [-0.15, -0.1) is 5.10 Å². The van der Waals surface area contributed by atoms with Crippen LogP contribution in [0.1, 0.15) is 73.3 Å². The Morgan fingerprint density at radius 1 is 1.23 bits per heavy atom. The minimum Gasteiger partial charge on any atom is -0.294 e. The SMILES string of the molecule is N#CC1(n2cc([C@@H](CC(=O)c3ccccc3)C3CCCCC3)nn2)CC1. The van der Waals surface area contributed by atoms with Gasteiger partial charge in [0.15, 0.2) is 11.3 Å². The number of carbonyl (C=O) groups excluding carboxylic acids is 1. The molecule has 5 nitrogen and oxygen atoms in total. The number of ketones is 1. The summed E-state index contributed by atoms with van der Waals surface area (Å²) in [7, 11) is 0. The molecule has 5 heteroatoms. The van der Waals surface area contributed by atoms with Crippen molar-refractivity contribution >= 4 is 5.78 Å². The Morgan fingerprint density at radius 3 is 2.62 bits per heavy atom. The molecule has 0 unspecified atom stereocenters. The van der Waals surface area contributed by atoms with Gasteiger partial charge in [-0.1, -0.05) is 54.8 Å². The lowest BCUT2D eigenvalue weighted by atomic mass is 9.76. The molecule has 4 rings (SSSR count). The number of carbonyl (C=O) groups is 1. The Labute approximate surface area is 154 Å². The standard InChI is InChI=1S/C21H24N4O/c22-15-21(11-12-21)25-14-19(23-24-25)18(16-7-3-1-4-8-16)13-20(26)17-9-5-2-6-10-17/h2,5-6,9-10,14,16,18H,1,3-4,7-8,11-13H2/t18-/m0/s1. The molecule has 0 saturated heterocycles. The molecule has 134 valence electrons. The Morgan fingerprint density at radius 2 is 1.96 bits per heavy atom. The molecule has 1 heterocycles. The van der Waals surface area contributed by atoms with Crippen LogP contribution in [0.15, 0.2) is 36.5 Å². The summed E-state index contributed by atoms with van der Waals surface area (Å²) in [5.41, 5.74) is 1.14. The van der Waals surface area contributed by atoms with Gasteiger partial charge in [0.05, 0.1) is 18.0 Å². The quantitative estimate of drug-likeness (QED) is 0.733. The lowest BCUT2D eigenvalue weighted by molar-refractivity contribution is 0.0957. The van der Waals surface area contributed by atoms with E-state index in [4.69, 9.17) is 0 Å². The third-order valence-electron chi connectivity index (χ3n) is 5.98. The van der Waals surface area contributed by atoms with E-state index in [0.29, 0.717) is 12.3 Å². The van der Waals surface area contributed by atoms with Gasteiger partial charge in [0.2, 0.25) is 0 Å². The van der Waals surface area contributed by atoms with E-state index in [1.807, 2.05) is 36.5 Å². The van der Waals surface area contributed by atoms with Gasteiger partial charge in [-0.05, 0) is 31.6 Å². The highest BCUT2D eigenvalue weighted by molar-refractivity contribution is 5.96. The first kappa shape index (κ1) is 17.0. The average molecular weight is 348 g/mol. The first-order chi connectivity index (χ1) is 12.7. The van der Waals surface area contributed by atoms with Gasteiger partial charge < -0.3 is 0 Å². The lowest BCUT2D eigenvalue weighted by Crippen LogP contribution is -2.20. The fourth-order valence-corrected chi connectivity index (χ4v) is 4.16. The summed E-state index contributed by atoms with van der Waals surface area (Å²) >= 11 is 0. The smallest absolute Gasteiger partial charge is 0.163 e. The van der Waals surface area contributed by atoms with Crippen molar-refractivity contribution in [1.82, 2.24) is 15.0 Å². The molecular weight excluding hydrogens is 324 g/mol. The monoisotopic (exact) mass is 348 g/mol. The van der Waals surface area contributed by atoms with Gasteiger partial charge in [-0.3, -0.25) is 4.79 Å². The van der Waals surface area contributed by atoms with E-state index >= 15 is 0 Å². The zero-order chi connectivity index (χ0) is 18.0. The Kier molecular flexibility index (Phi) is 4.58. The van der Waals surface area contributed by atoms with E-state index in [-0.39, 0.29) is 11.7 Å². The average Bonchev–Trinajstić information content (AvgIpc) is 3.36. The first-order valence-electron chi connectivity index (χ1n) is 9.64. The summed E-state index contributed by atoms with van der Waals surface area (Å²) in [5, 5.41) is 18.1. The van der Waals surface area contributed by atoms with Crippen molar-refractivity contribution in [2.24, 2.45) is 5.92 Å². The number of Topliss-reactive ketones (excluding diaryl/α,β-unsaturated/α-hetero) is 1. The van der Waals surface area contributed by atoms with Crippen molar-refractivity contribution in [3.63, 3.8) is 0 Å². The van der Waals surface area contributed by atoms with Crippen molar-refractivity contribution < 1.29 is 4.79 Å². The van der Waals surface area contributed by atoms with Gasteiger partial charge in [0.1, 0.15) is 0 Å². The number of hydrogen-bond donors (Lipinski definition) is 0. The number of aromatic nitrogens is 3. The second-order valence-corrected chi connectivity index (χ2v) is 7.73. The molecule has 0 aliphatic heterocycles. The molecule has 2 fully saturated rings. The van der Waals surface area contributed by atoms with Gasteiger partial charge in [0.25, 0.3) is 0 Å². The second-order valence-electron chi connectivity index (χ2n) is 7.73. The predicted octanol–water partition coefficient (Wildman–Crippen LogP) is 4.23. The normalized spacial score (nSPS) is 20.3. The highest BCUT2D eigenvalue weighted by Crippen LogP contribution is 2.43. The van der Waals surface area contributed by atoms with Crippen LogP contribution in [-0.4, -0.2) is 20.8 Å². The lowest BCUT2D eigenvalue weighted by Gasteiger charge is -2.28. The van der Waals surface area contributed by atoms with Crippen LogP contribution in [0.3, 0.4) is 0 Å². The van der Waals surface area contributed by atoms with E-state index in [1.54, 1.807) is 4.68 Å². The summed E-state index contributed by atoms with van der Waals surface area (Å²) in [6, 6.07) is 11.9. The van der Waals surface area contributed by atoms with E-state index in [0.717, 1.165) is 36.9 Å². The maximum absolute atomic E-state index is 12.8. The third kappa shape index (κ3) is 3.29. The Balaban J connectivity index is 1.59. The minimum absolute atomic E-state index is 0.0891. The van der Waals surface area contributed by atoms with Crippen LogP contribution in [0.5, 0.6) is 0 Å². The van der Waals surface area contributed by atoms with Gasteiger partial charge in [0, 0.05) is 17.9 Å². The van der Waals surface area contributed by atoms with Crippen LogP contribution in [0.25, 0.3) is 0 Å². The van der Waals surface area contributed by atoms with Crippen LogP contribution in [0.2, 0.25) is 0 Å². The molecule has 0 spiro atoms. The molecular formula is C21H24N4O. The maximum Gasteiger partial charge on any atom is 0.163 e. The molecule has 0 bridgehead atoms. The number of nitrogens with zero attached hydrogens (tertiary/aromatic N) is 4. The van der Waals surface area contributed by atoms with Crippen molar-refractivity contribution in [3.05, 3.63) is 47.8 Å². The second kappa shape index (κ2) is 7.03. The van der Waals surface area contributed by atoms with Gasteiger partial charge in [-0.2, -0.15) is 5.26 Å². The summed E-state index contributed by atoms with van der Waals surface area (Å²) in [5.74, 6) is 0.724. The molecule has 1 atom stereocenters. The molecule has 0 N–H and O–H groups in total. The predicted molar refractivity (Wildman–Crippen MR) is 97.5 cm³/mol. The van der Waals surface area contributed by atoms with Crippen LogP contribution < -0.4 is 0 Å². The van der Waals surface area contributed by atoms with E-state index in [2.05, 4.69) is 16.4 Å². The molecule has 2 aromatic rings. The van der Waals surface area contributed by atoms with Crippen LogP contribution in [0, 0.1) is 17.2 Å². The summed E-state index contributed by atoms with van der Waals surface area (Å²) in [6.45, 7) is 0. The Hall–Kier alpha value is -2.48. The van der Waals surface area contributed by atoms with E-state index < -0.39 is 5.54 Å². The molecule has 2 aliphatic rings. The highest BCUT2D eigenvalue weighted by Gasteiger charge is 2.47. The number of nitriles is 1. The highest BCUT2D eigenvalue weighted by atomic mass is 16.1. The van der Waals surface area contributed by atoms with Gasteiger partial charge in [-0.25, -0.2) is 4.68 Å². The number of hydrogen-bond acceptors (Lipinski definition) is 4. The third-order valence-corrected chi connectivity index (χ3v) is 5.98. The van der Waals surface area contributed by atoms with Gasteiger partial charge >= 0.3 is 0 Å². The zero-order valence-electron chi connectivity index (χ0n) is 15.0. The topological polar surface area (TPSA) is 71.6 Å². The molecule has 0 amide bonds. The fourth-order valence-electron chi connectivity index (χ4n) is 4.16. The summed E-state index contributed by atoms with van der Waals surface area (Å²) < 4.78 is 1.73. The molecule has 26 heavy (non-hydrogen) atoms. The molecule has 1 aromatic heterocycles. The zero-order valence-corrected chi connectivity index (χ0v) is 15.0. The molecule has 2 aliphatic carbocycles. The van der Waals surface area contributed by atoms with Crippen LogP contribution in [-0.2, 0) is 5.54 Å². The van der Waals surface area contributed by atoms with Crippen LogP contribution >= 0.6 is 0 Å². The summed E-state index contributed by atoms with van der Waals surface area (Å²) in [6.07, 6.45) is 10.1. The van der Waals surface area contributed by atoms with Crippen molar-refractivity contribution in [2.75, 3.05) is 0 Å². The molecule has 2 saturated carbocycles. The number of benzene rings is 1. The minimum atomic E-state index is -0.494. The maximum atomic E-state index is 12.8. The largest absolute Gasteiger partial charge is 0.294 e. The number of rotatable bonds is 6. The van der Waals surface area contributed by atoms with Crippen molar-refractivity contribution in [1.29, 1.82) is 5.26 Å². The fraction of sp³-hybridized carbons (Fsp3) is 0.524. The Bertz CT molecular complexity index is 810. The van der Waals surface area contributed by atoms with Crippen LogP contribution in [0.4, 0.5) is 0 Å². The van der Waals surface area contributed by atoms with Crippen molar-refractivity contribution in [2.45, 2.75) is 62.8 Å². The van der Waals surface area contributed by atoms with Crippen molar-refractivity contribution in [3.8, 4) is 6.07 Å². The first-order valence-corrected chi connectivity index (χ1v) is 9.64. The van der Waals surface area contributed by atoms with E-state index in [1.165, 1.54) is 19.3 Å².